The van der Waals surface area contributed by atoms with Crippen LogP contribution in [0.3, 0.4) is 0 Å². The summed E-state index contributed by atoms with van der Waals surface area (Å²) in [6, 6.07) is 6.41. The fraction of sp³-hybridized carbons (Fsp3) is 0.500. The number of hydrogen-bond acceptors (Lipinski definition) is 4. The number of ether oxygens (including phenoxy) is 1. The average Bonchev–Trinajstić information content (AvgIpc) is 3.10. The summed E-state index contributed by atoms with van der Waals surface area (Å²) in [5, 5.41) is 10.6. The summed E-state index contributed by atoms with van der Waals surface area (Å²) in [5.74, 6) is 1.67. The van der Waals surface area contributed by atoms with Gasteiger partial charge in [0.25, 0.3) is 0 Å². The lowest BCUT2D eigenvalue weighted by Gasteiger charge is -2.12. The molecule has 0 aliphatic carbocycles. The van der Waals surface area contributed by atoms with Gasteiger partial charge in [0.15, 0.2) is 12.6 Å². The maximum absolute atomic E-state index is 12.2. The molecule has 0 fully saturated rings. The Hall–Kier alpha value is -1.98. The molecule has 30 heavy (non-hydrogen) atoms. The summed E-state index contributed by atoms with van der Waals surface area (Å²) in [6.07, 6.45) is -2.80. The van der Waals surface area contributed by atoms with Gasteiger partial charge >= 0.3 is 6.18 Å². The molecule has 0 unspecified atom stereocenters. The van der Waals surface area contributed by atoms with Crippen LogP contribution in [-0.4, -0.2) is 30.4 Å². The summed E-state index contributed by atoms with van der Waals surface area (Å²) in [5.41, 5.74) is 2.83. The first-order valence-electron chi connectivity index (χ1n) is 9.63. The van der Waals surface area contributed by atoms with Crippen molar-refractivity contribution in [1.82, 2.24) is 15.8 Å². The zero-order valence-electron chi connectivity index (χ0n) is 17.3. The SMILES string of the molecule is CCNC(=NCc1ccc(OCC(F)(F)F)cc1)NCc1c(CC)noc1CC.I. The molecular formula is C20H28F3IN4O2. The van der Waals surface area contributed by atoms with E-state index in [0.717, 1.165) is 35.4 Å². The van der Waals surface area contributed by atoms with Gasteiger partial charge in [0.1, 0.15) is 11.5 Å². The van der Waals surface area contributed by atoms with E-state index in [-0.39, 0.29) is 29.7 Å². The van der Waals surface area contributed by atoms with Crippen LogP contribution in [0.2, 0.25) is 0 Å². The predicted octanol–water partition coefficient (Wildman–Crippen LogP) is 4.61. The third kappa shape index (κ3) is 8.41. The number of aromatic nitrogens is 1. The molecular weight excluding hydrogens is 512 g/mol. The first kappa shape index (κ1) is 26.1. The molecule has 168 valence electrons. The minimum absolute atomic E-state index is 0. The van der Waals surface area contributed by atoms with E-state index in [1.54, 1.807) is 12.1 Å². The molecule has 0 amide bonds. The summed E-state index contributed by atoms with van der Waals surface area (Å²) >= 11 is 0. The molecule has 0 bridgehead atoms. The van der Waals surface area contributed by atoms with Crippen LogP contribution in [0, 0.1) is 0 Å². The second-order valence-corrected chi connectivity index (χ2v) is 6.33. The van der Waals surface area contributed by atoms with Crippen LogP contribution in [0.4, 0.5) is 13.2 Å². The molecule has 0 aliphatic heterocycles. The maximum atomic E-state index is 12.2. The Kier molecular flexibility index (Phi) is 11.0. The van der Waals surface area contributed by atoms with Crippen LogP contribution in [-0.2, 0) is 25.9 Å². The lowest BCUT2D eigenvalue weighted by Crippen LogP contribution is -2.37. The van der Waals surface area contributed by atoms with E-state index in [4.69, 9.17) is 9.26 Å². The number of alkyl halides is 3. The quantitative estimate of drug-likeness (QED) is 0.276. The fourth-order valence-corrected chi connectivity index (χ4v) is 2.68. The molecule has 10 heteroatoms. The Balaban J connectivity index is 0.00000450. The van der Waals surface area contributed by atoms with E-state index in [2.05, 4.69) is 20.8 Å². The molecule has 2 aromatic rings. The summed E-state index contributed by atoms with van der Waals surface area (Å²) < 4.78 is 46.7. The highest BCUT2D eigenvalue weighted by Gasteiger charge is 2.28. The highest BCUT2D eigenvalue weighted by atomic mass is 127. The van der Waals surface area contributed by atoms with E-state index >= 15 is 0 Å². The highest BCUT2D eigenvalue weighted by Crippen LogP contribution is 2.19. The van der Waals surface area contributed by atoms with Crippen molar-refractivity contribution in [3.63, 3.8) is 0 Å². The van der Waals surface area contributed by atoms with Gasteiger partial charge in [0, 0.05) is 25.1 Å². The molecule has 0 radical (unpaired) electrons. The largest absolute Gasteiger partial charge is 0.484 e. The van der Waals surface area contributed by atoms with Gasteiger partial charge in [-0.15, -0.1) is 24.0 Å². The Morgan fingerprint density at radius 3 is 2.37 bits per heavy atom. The van der Waals surface area contributed by atoms with Gasteiger partial charge in [-0.05, 0) is 31.0 Å². The van der Waals surface area contributed by atoms with E-state index in [0.29, 0.717) is 25.6 Å². The van der Waals surface area contributed by atoms with Crippen molar-refractivity contribution >= 4 is 29.9 Å². The maximum Gasteiger partial charge on any atom is 0.422 e. The number of hydrogen-bond donors (Lipinski definition) is 2. The first-order chi connectivity index (χ1) is 13.9. The second-order valence-electron chi connectivity index (χ2n) is 6.33. The molecule has 1 aromatic heterocycles. The Morgan fingerprint density at radius 2 is 1.80 bits per heavy atom. The van der Waals surface area contributed by atoms with Gasteiger partial charge in [-0.2, -0.15) is 13.2 Å². The van der Waals surface area contributed by atoms with Crippen LogP contribution in [0.5, 0.6) is 5.75 Å². The van der Waals surface area contributed by atoms with Crippen molar-refractivity contribution < 1.29 is 22.4 Å². The minimum atomic E-state index is -4.35. The predicted molar refractivity (Wildman–Crippen MR) is 120 cm³/mol. The minimum Gasteiger partial charge on any atom is -0.484 e. The summed E-state index contributed by atoms with van der Waals surface area (Å²) in [7, 11) is 0. The Bertz CT molecular complexity index is 771. The summed E-state index contributed by atoms with van der Waals surface area (Å²) in [6.45, 7) is 6.33. The topological polar surface area (TPSA) is 71.7 Å². The lowest BCUT2D eigenvalue weighted by atomic mass is 10.1. The molecule has 0 spiro atoms. The fourth-order valence-electron chi connectivity index (χ4n) is 2.68. The van der Waals surface area contributed by atoms with Crippen LogP contribution in [0.25, 0.3) is 0 Å². The molecule has 0 atom stereocenters. The number of guanidine groups is 1. The normalized spacial score (nSPS) is 11.7. The number of aryl methyl sites for hydroxylation is 2. The molecule has 6 nitrogen and oxygen atoms in total. The number of aliphatic imine (C=N–C) groups is 1. The van der Waals surface area contributed by atoms with Crippen LogP contribution in [0.15, 0.2) is 33.8 Å². The first-order valence-corrected chi connectivity index (χ1v) is 9.63. The number of nitrogens with one attached hydrogen (secondary N) is 2. The van der Waals surface area contributed by atoms with Crippen LogP contribution in [0.1, 0.15) is 43.4 Å². The van der Waals surface area contributed by atoms with E-state index < -0.39 is 12.8 Å². The third-order valence-corrected chi connectivity index (χ3v) is 4.13. The van der Waals surface area contributed by atoms with E-state index in [1.807, 2.05) is 20.8 Å². The van der Waals surface area contributed by atoms with Crippen LogP contribution >= 0.6 is 24.0 Å². The number of benzene rings is 1. The zero-order valence-corrected chi connectivity index (χ0v) is 19.6. The smallest absolute Gasteiger partial charge is 0.422 e. The van der Waals surface area contributed by atoms with E-state index in [1.165, 1.54) is 12.1 Å². The standard InChI is InChI=1S/C20H27F3N4O2.HI/c1-4-17-16(18(5-2)29-27-17)12-26-19(24-6-3)25-11-14-7-9-15(10-8-14)28-13-20(21,22)23;/h7-10H,4-6,11-13H2,1-3H3,(H2,24,25,26);1H. The van der Waals surface area contributed by atoms with E-state index in [9.17, 15) is 13.2 Å². The Labute approximate surface area is 191 Å². The number of nitrogens with zero attached hydrogens (tertiary/aromatic N) is 2. The average molecular weight is 540 g/mol. The second kappa shape index (κ2) is 12.7. The zero-order chi connectivity index (χ0) is 21.3. The van der Waals surface area contributed by atoms with Gasteiger partial charge in [-0.3, -0.25) is 0 Å². The van der Waals surface area contributed by atoms with Crippen LogP contribution < -0.4 is 15.4 Å². The van der Waals surface area contributed by atoms with Gasteiger partial charge in [0.05, 0.1) is 12.2 Å². The van der Waals surface area contributed by atoms with Crippen molar-refractivity contribution in [1.29, 1.82) is 0 Å². The highest BCUT2D eigenvalue weighted by molar-refractivity contribution is 14.0. The molecule has 1 aromatic carbocycles. The molecule has 0 saturated heterocycles. The van der Waals surface area contributed by atoms with Crippen molar-refractivity contribution in [2.75, 3.05) is 13.2 Å². The van der Waals surface area contributed by atoms with Crippen molar-refractivity contribution in [3.05, 3.63) is 46.8 Å². The third-order valence-electron chi connectivity index (χ3n) is 4.13. The molecule has 0 aliphatic rings. The lowest BCUT2D eigenvalue weighted by molar-refractivity contribution is -0.153. The van der Waals surface area contributed by atoms with Gasteiger partial charge in [-0.25, -0.2) is 4.99 Å². The Morgan fingerprint density at radius 1 is 1.10 bits per heavy atom. The molecule has 1 heterocycles. The monoisotopic (exact) mass is 540 g/mol. The van der Waals surface area contributed by atoms with Gasteiger partial charge < -0.3 is 19.9 Å². The van der Waals surface area contributed by atoms with Gasteiger partial charge in [0.2, 0.25) is 0 Å². The molecule has 0 saturated carbocycles. The number of halogens is 4. The number of rotatable bonds is 9. The molecule has 2 N–H and O–H groups in total. The van der Waals surface area contributed by atoms with Gasteiger partial charge in [-0.1, -0.05) is 31.1 Å². The van der Waals surface area contributed by atoms with Crippen molar-refractivity contribution in [2.24, 2.45) is 4.99 Å². The van der Waals surface area contributed by atoms with Crippen molar-refractivity contribution in [3.8, 4) is 5.75 Å². The molecule has 2 rings (SSSR count). The van der Waals surface area contributed by atoms with Crippen molar-refractivity contribution in [2.45, 2.75) is 52.9 Å². The summed E-state index contributed by atoms with van der Waals surface area (Å²) in [4.78, 5) is 4.53.